The molecule has 340 valence electrons. The molecule has 0 bridgehead atoms. The third kappa shape index (κ3) is 13.9. The molecule has 1 aliphatic heterocycles. The van der Waals surface area contributed by atoms with Crippen LogP contribution in [0.15, 0.2) is 127 Å². The molecular formula is C52H54N6O8. The smallest absolute Gasteiger partial charge is 0.356 e. The standard InChI is InChI=1S/C52H54N6O8/c1-37-25-42(49(59)64-34-39-13-7-4-8-14-39)27-45(53-37)31-56-19-20-57(32-46-28-43(26-38(2)54-46)50(60)65-35-40-15-9-5-10-16-40)22-24-58(23-21-56)33-47-29-44(30-48(55-47)52(62)63-3)51(61)66-36-41-17-11-6-12-18-41/h4-18,25-30H,19-24,31-36H2,1-3H3. The first-order valence-electron chi connectivity index (χ1n) is 21.9. The van der Waals surface area contributed by atoms with Gasteiger partial charge >= 0.3 is 23.9 Å². The first-order chi connectivity index (χ1) is 32.1. The van der Waals surface area contributed by atoms with Crippen LogP contribution in [-0.4, -0.2) is 99.9 Å². The first kappa shape index (κ1) is 46.9. The van der Waals surface area contributed by atoms with E-state index in [1.54, 1.807) is 30.3 Å². The fourth-order valence-electron chi connectivity index (χ4n) is 7.63. The third-order valence-electron chi connectivity index (χ3n) is 11.0. The Labute approximate surface area is 385 Å². The minimum absolute atomic E-state index is 0.00132. The van der Waals surface area contributed by atoms with E-state index in [-0.39, 0.29) is 31.1 Å². The Kier molecular flexibility index (Phi) is 16.4. The van der Waals surface area contributed by atoms with E-state index in [1.165, 1.54) is 13.2 Å². The van der Waals surface area contributed by atoms with Gasteiger partial charge in [-0.2, -0.15) is 0 Å². The monoisotopic (exact) mass is 890 g/mol. The van der Waals surface area contributed by atoms with Gasteiger partial charge in [0.05, 0.1) is 40.9 Å². The molecule has 4 heterocycles. The lowest BCUT2D eigenvalue weighted by Crippen LogP contribution is -2.36. The summed E-state index contributed by atoms with van der Waals surface area (Å²) in [4.78, 5) is 73.8. The van der Waals surface area contributed by atoms with E-state index < -0.39 is 23.9 Å². The number of hydrogen-bond acceptors (Lipinski definition) is 14. The van der Waals surface area contributed by atoms with Gasteiger partial charge in [-0.3, -0.25) is 24.7 Å². The maximum Gasteiger partial charge on any atom is 0.356 e. The van der Waals surface area contributed by atoms with Gasteiger partial charge in [-0.05, 0) is 66.9 Å². The van der Waals surface area contributed by atoms with E-state index in [0.717, 1.165) is 28.1 Å². The lowest BCUT2D eigenvalue weighted by atomic mass is 10.1. The molecular weight excluding hydrogens is 837 g/mol. The maximum atomic E-state index is 13.4. The first-order valence-corrected chi connectivity index (χ1v) is 21.9. The van der Waals surface area contributed by atoms with Gasteiger partial charge in [-0.1, -0.05) is 91.0 Å². The van der Waals surface area contributed by atoms with Crippen molar-refractivity contribution in [3.8, 4) is 0 Å². The van der Waals surface area contributed by atoms with E-state index in [9.17, 15) is 19.2 Å². The molecule has 0 amide bonds. The second kappa shape index (κ2) is 23.2. The van der Waals surface area contributed by atoms with Crippen molar-refractivity contribution in [3.05, 3.63) is 195 Å². The molecule has 0 atom stereocenters. The summed E-state index contributed by atoms with van der Waals surface area (Å²) in [5.74, 6) is -2.10. The van der Waals surface area contributed by atoms with E-state index in [1.807, 2.05) is 105 Å². The van der Waals surface area contributed by atoms with Gasteiger partial charge in [0.15, 0.2) is 0 Å². The molecule has 0 radical (unpaired) electrons. The molecule has 14 nitrogen and oxygen atoms in total. The molecule has 1 aliphatic rings. The summed E-state index contributed by atoms with van der Waals surface area (Å²) < 4.78 is 22.0. The van der Waals surface area contributed by atoms with Crippen LogP contribution in [0.5, 0.6) is 0 Å². The van der Waals surface area contributed by atoms with E-state index in [4.69, 9.17) is 28.9 Å². The van der Waals surface area contributed by atoms with Crippen LogP contribution in [0.4, 0.5) is 0 Å². The van der Waals surface area contributed by atoms with Gasteiger partial charge in [0.2, 0.25) is 0 Å². The molecule has 14 heteroatoms. The number of carbonyl (C=O) groups is 4. The van der Waals surface area contributed by atoms with Gasteiger partial charge in [0.25, 0.3) is 0 Å². The molecule has 3 aromatic heterocycles. The van der Waals surface area contributed by atoms with Crippen LogP contribution in [0.1, 0.15) is 86.7 Å². The number of pyridine rings is 3. The van der Waals surface area contributed by atoms with Crippen LogP contribution < -0.4 is 0 Å². The van der Waals surface area contributed by atoms with Crippen molar-refractivity contribution in [3.63, 3.8) is 0 Å². The molecule has 0 unspecified atom stereocenters. The lowest BCUT2D eigenvalue weighted by molar-refractivity contribution is 0.0463. The predicted molar refractivity (Wildman–Crippen MR) is 246 cm³/mol. The number of hydrogen-bond donors (Lipinski definition) is 0. The van der Waals surface area contributed by atoms with E-state index in [2.05, 4.69) is 19.7 Å². The zero-order valence-electron chi connectivity index (χ0n) is 37.6. The number of benzene rings is 3. The molecule has 1 fully saturated rings. The molecule has 0 aliphatic carbocycles. The zero-order chi connectivity index (χ0) is 46.3. The highest BCUT2D eigenvalue weighted by Crippen LogP contribution is 2.18. The van der Waals surface area contributed by atoms with Crippen LogP contribution in [0, 0.1) is 13.8 Å². The largest absolute Gasteiger partial charge is 0.464 e. The molecule has 6 aromatic rings. The Balaban J connectivity index is 1.11. The van der Waals surface area contributed by atoms with Crippen LogP contribution in [0.3, 0.4) is 0 Å². The number of aryl methyl sites for hydroxylation is 2. The number of aromatic nitrogens is 3. The summed E-state index contributed by atoms with van der Waals surface area (Å²) in [5.41, 5.74) is 7.03. The molecule has 1 saturated heterocycles. The Hall–Kier alpha value is -7.13. The number of nitrogens with zero attached hydrogens (tertiary/aromatic N) is 6. The molecule has 66 heavy (non-hydrogen) atoms. The van der Waals surface area contributed by atoms with Crippen molar-refractivity contribution >= 4 is 23.9 Å². The third-order valence-corrected chi connectivity index (χ3v) is 11.0. The van der Waals surface area contributed by atoms with Crippen molar-refractivity contribution in [1.29, 1.82) is 0 Å². The number of esters is 4. The normalized spacial score (nSPS) is 13.7. The van der Waals surface area contributed by atoms with Gasteiger partial charge < -0.3 is 18.9 Å². The minimum atomic E-state index is -0.668. The lowest BCUT2D eigenvalue weighted by Gasteiger charge is -2.25. The van der Waals surface area contributed by atoms with Crippen LogP contribution in [0.2, 0.25) is 0 Å². The number of carbonyl (C=O) groups excluding carboxylic acids is 4. The average molecular weight is 891 g/mol. The summed E-state index contributed by atoms with van der Waals surface area (Å²) >= 11 is 0. The fourth-order valence-corrected chi connectivity index (χ4v) is 7.63. The van der Waals surface area contributed by atoms with E-state index >= 15 is 0 Å². The van der Waals surface area contributed by atoms with Crippen molar-refractivity contribution in [2.75, 3.05) is 46.4 Å². The molecule has 3 aromatic carbocycles. The molecule has 0 saturated carbocycles. The molecule has 0 spiro atoms. The Morgan fingerprint density at radius 2 is 0.758 bits per heavy atom. The number of methoxy groups -OCH3 is 1. The second-order valence-corrected chi connectivity index (χ2v) is 16.2. The van der Waals surface area contributed by atoms with Gasteiger partial charge in [-0.25, -0.2) is 24.2 Å². The van der Waals surface area contributed by atoms with Crippen LogP contribution in [0.25, 0.3) is 0 Å². The minimum Gasteiger partial charge on any atom is -0.464 e. The van der Waals surface area contributed by atoms with Crippen LogP contribution >= 0.6 is 0 Å². The number of rotatable bonds is 16. The maximum absolute atomic E-state index is 13.4. The van der Waals surface area contributed by atoms with Gasteiger partial charge in [0, 0.05) is 70.3 Å². The Morgan fingerprint density at radius 3 is 1.09 bits per heavy atom. The van der Waals surface area contributed by atoms with Crippen molar-refractivity contribution < 1.29 is 38.1 Å². The summed E-state index contributed by atoms with van der Waals surface area (Å²) in [6, 6.07) is 38.6. The molecule has 7 rings (SSSR count). The Bertz CT molecular complexity index is 2480. The SMILES string of the molecule is COC(=O)c1cc(C(=O)OCc2ccccc2)cc(CN2CCN(Cc3cc(C(=O)OCc4ccccc4)cc(C)n3)CCN(Cc3cc(C(=O)OCc4ccccc4)cc(C)n3)CC2)n1. The summed E-state index contributed by atoms with van der Waals surface area (Å²) in [5, 5.41) is 0. The van der Waals surface area contributed by atoms with Crippen LogP contribution in [-0.2, 0) is 58.4 Å². The summed E-state index contributed by atoms with van der Waals surface area (Å²) in [7, 11) is 1.27. The predicted octanol–water partition coefficient (Wildman–Crippen LogP) is 7.17. The highest BCUT2D eigenvalue weighted by molar-refractivity contribution is 5.94. The topological polar surface area (TPSA) is 154 Å². The quantitative estimate of drug-likeness (QED) is 0.0713. The average Bonchev–Trinajstić information content (AvgIpc) is 3.42. The van der Waals surface area contributed by atoms with Gasteiger partial charge in [0.1, 0.15) is 25.5 Å². The number of ether oxygens (including phenoxy) is 4. The summed E-state index contributed by atoms with van der Waals surface area (Å²) in [6.45, 7) is 9.10. The summed E-state index contributed by atoms with van der Waals surface area (Å²) in [6.07, 6.45) is 0. The van der Waals surface area contributed by atoms with Crippen molar-refractivity contribution in [2.24, 2.45) is 0 Å². The van der Waals surface area contributed by atoms with Crippen molar-refractivity contribution in [1.82, 2.24) is 29.7 Å². The molecule has 0 N–H and O–H groups in total. The van der Waals surface area contributed by atoms with E-state index in [0.29, 0.717) is 87.1 Å². The highest BCUT2D eigenvalue weighted by atomic mass is 16.5. The fraction of sp³-hybridized carbons (Fsp3) is 0.288. The van der Waals surface area contributed by atoms with Crippen molar-refractivity contribution in [2.45, 2.75) is 53.3 Å². The second-order valence-electron chi connectivity index (χ2n) is 16.2. The van der Waals surface area contributed by atoms with Gasteiger partial charge in [-0.15, -0.1) is 0 Å². The highest BCUT2D eigenvalue weighted by Gasteiger charge is 2.23. The zero-order valence-corrected chi connectivity index (χ0v) is 37.6. The Morgan fingerprint density at radius 1 is 0.439 bits per heavy atom.